The van der Waals surface area contributed by atoms with E-state index in [0.717, 1.165) is 32.1 Å². The minimum atomic E-state index is 0.460. The van der Waals surface area contributed by atoms with Crippen LogP contribution in [0.15, 0.2) is 12.4 Å². The van der Waals surface area contributed by atoms with Crippen LogP contribution in [0.3, 0.4) is 0 Å². The molecule has 17 heavy (non-hydrogen) atoms. The number of nitrogens with zero attached hydrogens (tertiary/aromatic N) is 2. The number of nitrogens with one attached hydrogen (secondary N) is 1. The molecule has 1 aliphatic heterocycles. The van der Waals surface area contributed by atoms with Crippen molar-refractivity contribution >= 4 is 5.95 Å². The van der Waals surface area contributed by atoms with Crippen LogP contribution in [0.25, 0.3) is 0 Å². The van der Waals surface area contributed by atoms with Gasteiger partial charge in [-0.3, -0.25) is 0 Å². The molecule has 4 nitrogen and oxygen atoms in total. The second kappa shape index (κ2) is 6.64. The SMILES string of the molecule is CCCCn1ccnc1NCCC1CCCO1. The molecule has 0 spiro atoms. The van der Waals surface area contributed by atoms with Gasteiger partial charge in [0.2, 0.25) is 5.95 Å². The van der Waals surface area contributed by atoms with Gasteiger partial charge in [-0.15, -0.1) is 0 Å². The molecule has 2 heterocycles. The summed E-state index contributed by atoms with van der Waals surface area (Å²) in [6.45, 7) is 5.16. The zero-order valence-electron chi connectivity index (χ0n) is 10.7. The Morgan fingerprint density at radius 1 is 1.59 bits per heavy atom. The normalized spacial score (nSPS) is 19.7. The van der Waals surface area contributed by atoms with Gasteiger partial charge < -0.3 is 14.6 Å². The molecule has 0 aromatic carbocycles. The van der Waals surface area contributed by atoms with Crippen molar-refractivity contribution in [1.29, 1.82) is 0 Å². The number of anilines is 1. The van der Waals surface area contributed by atoms with Crippen molar-refractivity contribution in [3.63, 3.8) is 0 Å². The number of imidazole rings is 1. The topological polar surface area (TPSA) is 39.1 Å². The van der Waals surface area contributed by atoms with Crippen LogP contribution in [0.4, 0.5) is 5.95 Å². The Bertz CT molecular complexity index is 318. The summed E-state index contributed by atoms with van der Waals surface area (Å²) in [5.41, 5.74) is 0. The zero-order valence-corrected chi connectivity index (χ0v) is 10.7. The number of unbranched alkanes of at least 4 members (excludes halogenated alkanes) is 1. The molecule has 0 radical (unpaired) electrons. The lowest BCUT2D eigenvalue weighted by Gasteiger charge is -2.12. The number of ether oxygens (including phenoxy) is 1. The van der Waals surface area contributed by atoms with Gasteiger partial charge in [-0.2, -0.15) is 0 Å². The minimum absolute atomic E-state index is 0.460. The molecule has 1 fully saturated rings. The van der Waals surface area contributed by atoms with E-state index in [1.807, 2.05) is 12.4 Å². The van der Waals surface area contributed by atoms with Gasteiger partial charge in [0, 0.05) is 32.1 Å². The molecule has 1 saturated heterocycles. The second-order valence-corrected chi connectivity index (χ2v) is 4.65. The minimum Gasteiger partial charge on any atom is -0.378 e. The van der Waals surface area contributed by atoms with E-state index in [9.17, 15) is 0 Å². The number of hydrogen-bond acceptors (Lipinski definition) is 3. The van der Waals surface area contributed by atoms with Crippen LogP contribution >= 0.6 is 0 Å². The van der Waals surface area contributed by atoms with E-state index in [4.69, 9.17) is 4.74 Å². The summed E-state index contributed by atoms with van der Waals surface area (Å²) in [4.78, 5) is 4.34. The molecule has 0 bridgehead atoms. The van der Waals surface area contributed by atoms with Gasteiger partial charge in [-0.05, 0) is 25.7 Å². The van der Waals surface area contributed by atoms with Crippen molar-refractivity contribution < 1.29 is 4.74 Å². The fourth-order valence-corrected chi connectivity index (χ4v) is 2.20. The first-order valence-corrected chi connectivity index (χ1v) is 6.76. The Hall–Kier alpha value is -1.03. The number of aryl methyl sites for hydroxylation is 1. The molecule has 1 aliphatic rings. The third-order valence-electron chi connectivity index (χ3n) is 3.24. The molecule has 1 N–H and O–H groups in total. The predicted octanol–water partition coefficient (Wildman–Crippen LogP) is 2.66. The van der Waals surface area contributed by atoms with Gasteiger partial charge in [0.25, 0.3) is 0 Å². The van der Waals surface area contributed by atoms with E-state index in [0.29, 0.717) is 6.10 Å². The quantitative estimate of drug-likeness (QED) is 0.792. The molecule has 4 heteroatoms. The Morgan fingerprint density at radius 3 is 3.29 bits per heavy atom. The Kier molecular flexibility index (Phi) is 4.86. The van der Waals surface area contributed by atoms with Crippen LogP contribution in [-0.4, -0.2) is 28.8 Å². The van der Waals surface area contributed by atoms with E-state index in [2.05, 4.69) is 21.8 Å². The van der Waals surface area contributed by atoms with Crippen LogP contribution in [0, 0.1) is 0 Å². The number of aromatic nitrogens is 2. The van der Waals surface area contributed by atoms with E-state index in [1.54, 1.807) is 0 Å². The molecule has 96 valence electrons. The lowest BCUT2D eigenvalue weighted by Crippen LogP contribution is -2.15. The Morgan fingerprint density at radius 2 is 2.53 bits per heavy atom. The van der Waals surface area contributed by atoms with Crippen LogP contribution in [0.1, 0.15) is 39.0 Å². The van der Waals surface area contributed by atoms with Crippen molar-refractivity contribution in [3.8, 4) is 0 Å². The third-order valence-corrected chi connectivity index (χ3v) is 3.24. The molecule has 1 aromatic heterocycles. The van der Waals surface area contributed by atoms with E-state index < -0.39 is 0 Å². The first-order chi connectivity index (χ1) is 8.40. The molecule has 1 atom stereocenters. The van der Waals surface area contributed by atoms with Crippen LogP contribution in [0.2, 0.25) is 0 Å². The first-order valence-electron chi connectivity index (χ1n) is 6.76. The molecular formula is C13H23N3O. The summed E-state index contributed by atoms with van der Waals surface area (Å²) in [5, 5.41) is 3.40. The summed E-state index contributed by atoms with van der Waals surface area (Å²) in [6, 6.07) is 0. The second-order valence-electron chi connectivity index (χ2n) is 4.65. The average molecular weight is 237 g/mol. The maximum absolute atomic E-state index is 5.60. The summed E-state index contributed by atoms with van der Waals surface area (Å²) >= 11 is 0. The zero-order chi connectivity index (χ0) is 11.9. The van der Waals surface area contributed by atoms with Gasteiger partial charge >= 0.3 is 0 Å². The van der Waals surface area contributed by atoms with Crippen LogP contribution in [-0.2, 0) is 11.3 Å². The van der Waals surface area contributed by atoms with E-state index in [1.165, 1.54) is 25.7 Å². The fourth-order valence-electron chi connectivity index (χ4n) is 2.20. The highest BCUT2D eigenvalue weighted by molar-refractivity contribution is 5.25. The van der Waals surface area contributed by atoms with Gasteiger partial charge in [0.05, 0.1) is 6.10 Å². The van der Waals surface area contributed by atoms with E-state index >= 15 is 0 Å². The molecule has 1 aromatic rings. The summed E-state index contributed by atoms with van der Waals surface area (Å²) in [5.74, 6) is 0.997. The number of hydrogen-bond donors (Lipinski definition) is 1. The van der Waals surface area contributed by atoms with Crippen molar-refractivity contribution in [1.82, 2.24) is 9.55 Å². The maximum atomic E-state index is 5.60. The van der Waals surface area contributed by atoms with Crippen molar-refractivity contribution in [2.24, 2.45) is 0 Å². The highest BCUT2D eigenvalue weighted by Gasteiger charge is 2.14. The highest BCUT2D eigenvalue weighted by Crippen LogP contribution is 2.15. The molecular weight excluding hydrogens is 214 g/mol. The maximum Gasteiger partial charge on any atom is 0.202 e. The van der Waals surface area contributed by atoms with Crippen molar-refractivity contribution in [2.45, 2.75) is 51.7 Å². The molecule has 0 saturated carbocycles. The van der Waals surface area contributed by atoms with Gasteiger partial charge in [0.1, 0.15) is 0 Å². The Balaban J connectivity index is 1.72. The lowest BCUT2D eigenvalue weighted by molar-refractivity contribution is 0.107. The van der Waals surface area contributed by atoms with Crippen molar-refractivity contribution in [3.05, 3.63) is 12.4 Å². The smallest absolute Gasteiger partial charge is 0.202 e. The molecule has 1 unspecified atom stereocenters. The molecule has 2 rings (SSSR count). The largest absolute Gasteiger partial charge is 0.378 e. The summed E-state index contributed by atoms with van der Waals surface area (Å²) < 4.78 is 7.79. The first kappa shape index (κ1) is 12.4. The third kappa shape index (κ3) is 3.73. The number of rotatable bonds is 7. The van der Waals surface area contributed by atoms with Crippen LogP contribution in [0.5, 0.6) is 0 Å². The lowest BCUT2D eigenvalue weighted by atomic mass is 10.2. The predicted molar refractivity (Wildman–Crippen MR) is 69.2 cm³/mol. The standard InChI is InChI=1S/C13H23N3O/c1-2-3-9-16-10-8-15-13(16)14-7-6-12-5-4-11-17-12/h8,10,12H,2-7,9,11H2,1H3,(H,14,15). The van der Waals surface area contributed by atoms with Crippen LogP contribution < -0.4 is 5.32 Å². The van der Waals surface area contributed by atoms with E-state index in [-0.39, 0.29) is 0 Å². The average Bonchev–Trinajstić information content (AvgIpc) is 2.98. The highest BCUT2D eigenvalue weighted by atomic mass is 16.5. The summed E-state index contributed by atoms with van der Waals surface area (Å²) in [6.07, 6.45) is 10.3. The van der Waals surface area contributed by atoms with Gasteiger partial charge in [-0.25, -0.2) is 4.98 Å². The van der Waals surface area contributed by atoms with Gasteiger partial charge in [0.15, 0.2) is 0 Å². The van der Waals surface area contributed by atoms with Gasteiger partial charge in [-0.1, -0.05) is 13.3 Å². The summed E-state index contributed by atoms with van der Waals surface area (Å²) in [7, 11) is 0. The molecule has 0 aliphatic carbocycles. The fraction of sp³-hybridized carbons (Fsp3) is 0.769. The van der Waals surface area contributed by atoms with Crippen molar-refractivity contribution in [2.75, 3.05) is 18.5 Å². The molecule has 0 amide bonds. The Labute approximate surface area is 103 Å². The monoisotopic (exact) mass is 237 g/mol.